The van der Waals surface area contributed by atoms with Gasteiger partial charge >= 0.3 is 5.97 Å². The van der Waals surface area contributed by atoms with E-state index in [4.69, 9.17) is 15.4 Å². The molecule has 0 bridgehead atoms. The van der Waals surface area contributed by atoms with Crippen LogP contribution in [0.1, 0.15) is 49.8 Å². The van der Waals surface area contributed by atoms with Crippen LogP contribution in [0.3, 0.4) is 0 Å². The lowest BCUT2D eigenvalue weighted by molar-refractivity contribution is -0.137. The minimum absolute atomic E-state index is 0.0350. The van der Waals surface area contributed by atoms with Crippen molar-refractivity contribution in [3.63, 3.8) is 0 Å². The number of carboxylic acids is 1. The SMILES string of the molecule is COc1ccc(C(CCC(=O)O)N=[N+]=[N-])cc1C(C)C. The van der Waals surface area contributed by atoms with Crippen molar-refractivity contribution in [3.8, 4) is 5.75 Å². The van der Waals surface area contributed by atoms with E-state index >= 15 is 0 Å². The summed E-state index contributed by atoms with van der Waals surface area (Å²) in [5, 5.41) is 12.4. The van der Waals surface area contributed by atoms with Gasteiger partial charge in [-0.2, -0.15) is 0 Å². The summed E-state index contributed by atoms with van der Waals surface area (Å²) >= 11 is 0. The fourth-order valence-electron chi connectivity index (χ4n) is 2.02. The number of carbonyl (C=O) groups is 1. The fourth-order valence-corrected chi connectivity index (χ4v) is 2.02. The average molecular weight is 277 g/mol. The Bertz CT molecular complexity index is 522. The van der Waals surface area contributed by atoms with Crippen LogP contribution in [0.25, 0.3) is 10.4 Å². The van der Waals surface area contributed by atoms with Gasteiger partial charge in [-0.15, -0.1) is 0 Å². The zero-order chi connectivity index (χ0) is 15.1. The average Bonchev–Trinajstić information content (AvgIpc) is 2.42. The van der Waals surface area contributed by atoms with E-state index in [2.05, 4.69) is 10.0 Å². The summed E-state index contributed by atoms with van der Waals surface area (Å²) in [5.74, 6) is 0.137. The molecule has 1 N–H and O–H groups in total. The van der Waals surface area contributed by atoms with Crippen molar-refractivity contribution in [2.45, 2.75) is 38.6 Å². The van der Waals surface area contributed by atoms with E-state index in [-0.39, 0.29) is 18.8 Å². The number of carboxylic acid groups (broad SMARTS) is 1. The number of hydrogen-bond donors (Lipinski definition) is 1. The number of methoxy groups -OCH3 is 1. The lowest BCUT2D eigenvalue weighted by Crippen LogP contribution is -2.03. The van der Waals surface area contributed by atoms with Crippen molar-refractivity contribution in [3.05, 3.63) is 39.8 Å². The third kappa shape index (κ3) is 4.17. The largest absolute Gasteiger partial charge is 0.496 e. The Morgan fingerprint density at radius 2 is 2.20 bits per heavy atom. The summed E-state index contributed by atoms with van der Waals surface area (Å²) < 4.78 is 5.30. The molecule has 0 spiro atoms. The molecule has 0 saturated carbocycles. The monoisotopic (exact) mass is 277 g/mol. The predicted octanol–water partition coefficient (Wildman–Crippen LogP) is 4.03. The molecule has 0 radical (unpaired) electrons. The highest BCUT2D eigenvalue weighted by Gasteiger charge is 2.15. The zero-order valence-electron chi connectivity index (χ0n) is 11.9. The molecule has 0 aliphatic rings. The topological polar surface area (TPSA) is 95.3 Å². The van der Waals surface area contributed by atoms with Crippen LogP contribution < -0.4 is 4.74 Å². The molecule has 1 rings (SSSR count). The number of benzene rings is 1. The fraction of sp³-hybridized carbons (Fsp3) is 0.500. The van der Waals surface area contributed by atoms with E-state index < -0.39 is 12.0 Å². The van der Waals surface area contributed by atoms with Crippen LogP contribution in [-0.4, -0.2) is 18.2 Å². The zero-order valence-corrected chi connectivity index (χ0v) is 11.9. The number of ether oxygens (including phenoxy) is 1. The van der Waals surface area contributed by atoms with Crippen LogP contribution in [0.5, 0.6) is 5.75 Å². The van der Waals surface area contributed by atoms with Gasteiger partial charge in [0, 0.05) is 11.3 Å². The molecule has 6 heteroatoms. The van der Waals surface area contributed by atoms with E-state index in [1.807, 2.05) is 32.0 Å². The van der Waals surface area contributed by atoms with Crippen LogP contribution in [0.4, 0.5) is 0 Å². The molecule has 108 valence electrons. The molecule has 0 heterocycles. The third-order valence-corrected chi connectivity index (χ3v) is 3.08. The molecule has 1 aromatic rings. The Kier molecular flexibility index (Phi) is 5.87. The van der Waals surface area contributed by atoms with Gasteiger partial charge in [0.05, 0.1) is 13.2 Å². The predicted molar refractivity (Wildman–Crippen MR) is 75.8 cm³/mol. The third-order valence-electron chi connectivity index (χ3n) is 3.08. The minimum Gasteiger partial charge on any atom is -0.496 e. The molecule has 0 saturated heterocycles. The maximum atomic E-state index is 10.7. The Hall–Kier alpha value is -2.20. The van der Waals surface area contributed by atoms with Crippen molar-refractivity contribution in [2.24, 2.45) is 5.11 Å². The Morgan fingerprint density at radius 3 is 2.70 bits per heavy atom. The van der Waals surface area contributed by atoms with Gasteiger partial charge in [0.15, 0.2) is 0 Å². The lowest BCUT2D eigenvalue weighted by Gasteiger charge is -2.16. The first-order valence-electron chi connectivity index (χ1n) is 6.43. The van der Waals surface area contributed by atoms with E-state index in [0.717, 1.165) is 16.9 Å². The van der Waals surface area contributed by atoms with E-state index in [9.17, 15) is 4.79 Å². The number of hydrogen-bond acceptors (Lipinski definition) is 3. The molecule has 6 nitrogen and oxygen atoms in total. The summed E-state index contributed by atoms with van der Waals surface area (Å²) in [7, 11) is 1.61. The first kappa shape index (κ1) is 15.9. The van der Waals surface area contributed by atoms with E-state index in [0.29, 0.717) is 0 Å². The number of aliphatic carboxylic acids is 1. The standard InChI is InChI=1S/C14H19N3O3/c1-9(2)11-8-10(4-6-13(11)20-3)12(16-17-15)5-7-14(18)19/h4,6,8-9,12H,5,7H2,1-3H3,(H,18,19). The molecule has 0 fully saturated rings. The van der Waals surface area contributed by atoms with Gasteiger partial charge in [-0.3, -0.25) is 4.79 Å². The number of rotatable bonds is 7. The molecular weight excluding hydrogens is 258 g/mol. The molecule has 1 aromatic carbocycles. The molecule has 0 amide bonds. The van der Waals surface area contributed by atoms with Crippen LogP contribution >= 0.6 is 0 Å². The smallest absolute Gasteiger partial charge is 0.303 e. The van der Waals surface area contributed by atoms with Crippen molar-refractivity contribution < 1.29 is 14.6 Å². The summed E-state index contributed by atoms with van der Waals surface area (Å²) in [5.41, 5.74) is 10.5. The van der Waals surface area contributed by atoms with Gasteiger partial charge in [-0.05, 0) is 35.1 Å². The van der Waals surface area contributed by atoms with Gasteiger partial charge < -0.3 is 9.84 Å². The van der Waals surface area contributed by atoms with Gasteiger partial charge in [0.2, 0.25) is 0 Å². The van der Waals surface area contributed by atoms with Crippen LogP contribution in [0.15, 0.2) is 23.3 Å². The van der Waals surface area contributed by atoms with Crippen LogP contribution in [0, 0.1) is 0 Å². The second-order valence-electron chi connectivity index (χ2n) is 4.81. The highest BCUT2D eigenvalue weighted by molar-refractivity contribution is 5.66. The normalized spacial score (nSPS) is 11.8. The second-order valence-corrected chi connectivity index (χ2v) is 4.81. The Balaban J connectivity index is 3.10. The first-order chi connectivity index (χ1) is 9.49. The van der Waals surface area contributed by atoms with Crippen molar-refractivity contribution >= 4 is 5.97 Å². The van der Waals surface area contributed by atoms with Crippen molar-refractivity contribution in [2.75, 3.05) is 7.11 Å². The molecule has 1 atom stereocenters. The van der Waals surface area contributed by atoms with Crippen LogP contribution in [0.2, 0.25) is 0 Å². The summed E-state index contributed by atoms with van der Waals surface area (Å²) in [6.45, 7) is 4.09. The quantitative estimate of drug-likeness (QED) is 0.463. The van der Waals surface area contributed by atoms with Crippen LogP contribution in [-0.2, 0) is 4.79 Å². The summed E-state index contributed by atoms with van der Waals surface area (Å²) in [4.78, 5) is 13.5. The maximum absolute atomic E-state index is 10.7. The highest BCUT2D eigenvalue weighted by Crippen LogP contribution is 2.32. The molecular formula is C14H19N3O3. The Morgan fingerprint density at radius 1 is 1.50 bits per heavy atom. The molecule has 0 aliphatic heterocycles. The van der Waals surface area contributed by atoms with Crippen molar-refractivity contribution in [1.29, 1.82) is 0 Å². The second kappa shape index (κ2) is 7.40. The van der Waals surface area contributed by atoms with Gasteiger partial charge in [0.25, 0.3) is 0 Å². The minimum atomic E-state index is -0.902. The lowest BCUT2D eigenvalue weighted by atomic mass is 9.95. The Labute approximate surface area is 118 Å². The van der Waals surface area contributed by atoms with Crippen molar-refractivity contribution in [1.82, 2.24) is 0 Å². The molecule has 0 aromatic heterocycles. The highest BCUT2D eigenvalue weighted by atomic mass is 16.5. The summed E-state index contributed by atoms with van der Waals surface area (Å²) in [6.07, 6.45) is 0.246. The van der Waals surface area contributed by atoms with Gasteiger partial charge in [0.1, 0.15) is 5.75 Å². The molecule has 1 unspecified atom stereocenters. The number of nitrogens with zero attached hydrogens (tertiary/aromatic N) is 3. The summed E-state index contributed by atoms with van der Waals surface area (Å²) in [6, 6.07) is 5.08. The molecule has 20 heavy (non-hydrogen) atoms. The number of azide groups is 1. The molecule has 0 aliphatic carbocycles. The first-order valence-corrected chi connectivity index (χ1v) is 6.43. The van der Waals surface area contributed by atoms with E-state index in [1.54, 1.807) is 7.11 Å². The maximum Gasteiger partial charge on any atom is 0.303 e. The van der Waals surface area contributed by atoms with Gasteiger partial charge in [-0.25, -0.2) is 0 Å². The van der Waals surface area contributed by atoms with Gasteiger partial charge in [-0.1, -0.05) is 31.1 Å². The van der Waals surface area contributed by atoms with E-state index in [1.165, 1.54) is 0 Å².